The summed E-state index contributed by atoms with van der Waals surface area (Å²) < 4.78 is 39.5. The van der Waals surface area contributed by atoms with Crippen LogP contribution < -0.4 is 10.6 Å². The number of carbonyl (C=O) groups is 2. The number of carbonyl (C=O) groups excluding carboxylic acids is 2. The zero-order valence-electron chi connectivity index (χ0n) is 13.8. The molecule has 25 heavy (non-hydrogen) atoms. The molecule has 2 aromatic carbocycles. The molecule has 0 fully saturated rings. The minimum Gasteiger partial charge on any atom is -0.325 e. The molecule has 0 heterocycles. The Bertz CT molecular complexity index is 822. The summed E-state index contributed by atoms with van der Waals surface area (Å²) in [6.07, 6.45) is 0.111. The summed E-state index contributed by atoms with van der Waals surface area (Å²) in [6.45, 7) is 3.76. The minimum atomic E-state index is -1.69. The number of halogens is 3. The largest absolute Gasteiger partial charge is 0.325 e. The van der Waals surface area contributed by atoms with Gasteiger partial charge < -0.3 is 10.6 Å². The van der Waals surface area contributed by atoms with E-state index >= 15 is 0 Å². The third kappa shape index (κ3) is 4.37. The van der Waals surface area contributed by atoms with E-state index in [0.29, 0.717) is 18.2 Å². The number of nitrogens with one attached hydrogen (secondary N) is 2. The highest BCUT2D eigenvalue weighted by molar-refractivity contribution is 6.08. The van der Waals surface area contributed by atoms with Gasteiger partial charge in [-0.15, -0.1) is 0 Å². The first-order valence-electron chi connectivity index (χ1n) is 7.65. The second-order valence-electron chi connectivity index (χ2n) is 5.46. The highest BCUT2D eigenvalue weighted by atomic mass is 19.2. The third-order valence-electron chi connectivity index (χ3n) is 3.63. The summed E-state index contributed by atoms with van der Waals surface area (Å²) in [4.78, 5) is 23.9. The summed E-state index contributed by atoms with van der Waals surface area (Å²) in [7, 11) is 0. The Balaban J connectivity index is 2.04. The number of anilines is 2. The molecule has 4 nitrogen and oxygen atoms in total. The normalized spacial score (nSPS) is 10.4. The Kier molecular flexibility index (Phi) is 5.80. The van der Waals surface area contributed by atoms with Crippen molar-refractivity contribution in [3.05, 3.63) is 58.9 Å². The molecule has 2 aromatic rings. The quantitative estimate of drug-likeness (QED) is 0.634. The van der Waals surface area contributed by atoms with Gasteiger partial charge in [0.05, 0.1) is 5.69 Å². The fourth-order valence-corrected chi connectivity index (χ4v) is 2.35. The lowest BCUT2D eigenvalue weighted by atomic mass is 10.1. The van der Waals surface area contributed by atoms with Crippen molar-refractivity contribution in [3.63, 3.8) is 0 Å². The van der Waals surface area contributed by atoms with Gasteiger partial charge in [-0.3, -0.25) is 9.59 Å². The Morgan fingerprint density at radius 1 is 0.960 bits per heavy atom. The second kappa shape index (κ2) is 7.83. The van der Waals surface area contributed by atoms with Gasteiger partial charge in [0.25, 0.3) is 0 Å². The van der Waals surface area contributed by atoms with E-state index in [1.807, 2.05) is 32.0 Å². The van der Waals surface area contributed by atoms with Crippen LogP contribution >= 0.6 is 0 Å². The van der Waals surface area contributed by atoms with Gasteiger partial charge in [0.1, 0.15) is 6.42 Å². The molecule has 0 aliphatic rings. The van der Waals surface area contributed by atoms with Crippen LogP contribution in [0, 0.1) is 24.4 Å². The van der Waals surface area contributed by atoms with E-state index in [9.17, 15) is 22.8 Å². The number of rotatable bonds is 5. The number of benzene rings is 2. The highest BCUT2D eigenvalue weighted by Gasteiger charge is 2.17. The van der Waals surface area contributed by atoms with Crippen LogP contribution in [0.25, 0.3) is 0 Å². The van der Waals surface area contributed by atoms with Crippen LogP contribution in [0.15, 0.2) is 30.3 Å². The van der Waals surface area contributed by atoms with Crippen LogP contribution in [0.4, 0.5) is 24.5 Å². The van der Waals surface area contributed by atoms with Crippen molar-refractivity contribution in [2.75, 3.05) is 10.6 Å². The van der Waals surface area contributed by atoms with E-state index < -0.39 is 41.4 Å². The fourth-order valence-electron chi connectivity index (χ4n) is 2.35. The summed E-state index contributed by atoms with van der Waals surface area (Å²) in [6, 6.07) is 7.13. The fraction of sp³-hybridized carbons (Fsp3) is 0.222. The Morgan fingerprint density at radius 2 is 1.64 bits per heavy atom. The van der Waals surface area contributed by atoms with Gasteiger partial charge in [-0.2, -0.15) is 0 Å². The smallest absolute Gasteiger partial charge is 0.233 e. The van der Waals surface area contributed by atoms with Gasteiger partial charge in [0.15, 0.2) is 17.5 Å². The van der Waals surface area contributed by atoms with Crippen LogP contribution in [0.2, 0.25) is 0 Å². The molecule has 7 heteroatoms. The zero-order valence-corrected chi connectivity index (χ0v) is 13.8. The topological polar surface area (TPSA) is 58.2 Å². The van der Waals surface area contributed by atoms with E-state index in [1.54, 1.807) is 0 Å². The molecule has 2 amide bonds. The lowest BCUT2D eigenvalue weighted by Crippen LogP contribution is -2.23. The molecule has 2 N–H and O–H groups in total. The number of para-hydroxylation sites is 1. The molecule has 0 aromatic heterocycles. The van der Waals surface area contributed by atoms with E-state index in [0.717, 1.165) is 17.2 Å². The van der Waals surface area contributed by atoms with E-state index in [-0.39, 0.29) is 0 Å². The number of amides is 2. The average molecular weight is 350 g/mol. The van der Waals surface area contributed by atoms with Gasteiger partial charge in [-0.1, -0.05) is 25.1 Å². The molecular formula is C18H17F3N2O2. The van der Waals surface area contributed by atoms with E-state index in [2.05, 4.69) is 10.6 Å². The molecule has 0 aliphatic heterocycles. The Morgan fingerprint density at radius 3 is 2.32 bits per heavy atom. The third-order valence-corrected chi connectivity index (χ3v) is 3.63. The molecule has 0 saturated carbocycles. The molecule has 0 atom stereocenters. The lowest BCUT2D eigenvalue weighted by molar-refractivity contribution is -0.123. The van der Waals surface area contributed by atoms with Gasteiger partial charge in [-0.25, -0.2) is 13.2 Å². The predicted octanol–water partition coefficient (Wildman–Crippen LogP) is 3.94. The summed E-state index contributed by atoms with van der Waals surface area (Å²) in [5, 5.41) is 4.71. The maximum Gasteiger partial charge on any atom is 0.233 e. The van der Waals surface area contributed by atoms with Crippen molar-refractivity contribution in [1.29, 1.82) is 0 Å². The standard InChI is InChI=1S/C18H17F3N2O2/c1-3-11-6-4-5-10(2)18(11)23-15(25)9-14(24)22-13-8-7-12(19)16(20)17(13)21/h4-8H,3,9H2,1-2H3,(H,22,24)(H,23,25). The molecule has 132 valence electrons. The predicted molar refractivity (Wildman–Crippen MR) is 88.7 cm³/mol. The number of hydrogen-bond acceptors (Lipinski definition) is 2. The van der Waals surface area contributed by atoms with Crippen LogP contribution in [0.1, 0.15) is 24.5 Å². The van der Waals surface area contributed by atoms with Crippen molar-refractivity contribution < 1.29 is 22.8 Å². The molecule has 0 aliphatic carbocycles. The van der Waals surface area contributed by atoms with Crippen LogP contribution in [-0.4, -0.2) is 11.8 Å². The lowest BCUT2D eigenvalue weighted by Gasteiger charge is -2.13. The van der Waals surface area contributed by atoms with Crippen molar-refractivity contribution >= 4 is 23.2 Å². The molecule has 0 saturated heterocycles. The van der Waals surface area contributed by atoms with Gasteiger partial charge in [-0.05, 0) is 36.6 Å². The Labute approximate surface area is 143 Å². The highest BCUT2D eigenvalue weighted by Crippen LogP contribution is 2.22. The minimum absolute atomic E-state index is 0.526. The van der Waals surface area contributed by atoms with Crippen LogP contribution in [0.3, 0.4) is 0 Å². The zero-order chi connectivity index (χ0) is 18.6. The van der Waals surface area contributed by atoms with Gasteiger partial charge in [0.2, 0.25) is 11.8 Å². The molecule has 0 radical (unpaired) electrons. The average Bonchev–Trinajstić information content (AvgIpc) is 2.57. The maximum absolute atomic E-state index is 13.5. The van der Waals surface area contributed by atoms with E-state index in [1.165, 1.54) is 0 Å². The van der Waals surface area contributed by atoms with Crippen LogP contribution in [-0.2, 0) is 16.0 Å². The number of hydrogen-bond donors (Lipinski definition) is 2. The van der Waals surface area contributed by atoms with Gasteiger partial charge >= 0.3 is 0 Å². The SMILES string of the molecule is CCc1cccc(C)c1NC(=O)CC(=O)Nc1ccc(F)c(F)c1F. The Hall–Kier alpha value is -2.83. The van der Waals surface area contributed by atoms with Crippen molar-refractivity contribution in [1.82, 2.24) is 0 Å². The molecule has 0 bridgehead atoms. The molecule has 0 unspecified atom stereocenters. The molecular weight excluding hydrogens is 333 g/mol. The molecule has 0 spiro atoms. The van der Waals surface area contributed by atoms with Crippen LogP contribution in [0.5, 0.6) is 0 Å². The van der Waals surface area contributed by atoms with E-state index in [4.69, 9.17) is 0 Å². The van der Waals surface area contributed by atoms with Crippen molar-refractivity contribution in [2.24, 2.45) is 0 Å². The monoisotopic (exact) mass is 350 g/mol. The first-order valence-corrected chi connectivity index (χ1v) is 7.65. The van der Waals surface area contributed by atoms with Gasteiger partial charge in [0, 0.05) is 5.69 Å². The number of aryl methyl sites for hydroxylation is 2. The van der Waals surface area contributed by atoms with Crippen molar-refractivity contribution in [3.8, 4) is 0 Å². The summed E-state index contributed by atoms with van der Waals surface area (Å²) >= 11 is 0. The summed E-state index contributed by atoms with van der Waals surface area (Å²) in [5.41, 5.74) is 1.86. The maximum atomic E-state index is 13.5. The first-order chi connectivity index (χ1) is 11.8. The first kappa shape index (κ1) is 18.5. The van der Waals surface area contributed by atoms with Crippen molar-refractivity contribution in [2.45, 2.75) is 26.7 Å². The summed E-state index contributed by atoms with van der Waals surface area (Å²) in [5.74, 6) is -5.99. The molecule has 2 rings (SSSR count). The second-order valence-corrected chi connectivity index (χ2v) is 5.46.